The smallest absolute Gasteiger partial charge is 0.313 e. The van der Waals surface area contributed by atoms with E-state index in [0.717, 1.165) is 10.8 Å². The molecule has 0 unspecified atom stereocenters. The molecular formula is C43H51N3O8. The number of carbonyl (C=O) groups is 4. The van der Waals surface area contributed by atoms with Crippen LogP contribution in [0, 0.1) is 17.8 Å². The molecule has 3 aromatic carbocycles. The van der Waals surface area contributed by atoms with Gasteiger partial charge in [-0.2, -0.15) is 0 Å². The Morgan fingerprint density at radius 3 is 2.44 bits per heavy atom. The second kappa shape index (κ2) is 16.7. The van der Waals surface area contributed by atoms with Crippen molar-refractivity contribution in [3.05, 3.63) is 104 Å². The highest BCUT2D eigenvalue weighted by atomic mass is 16.6. The van der Waals surface area contributed by atoms with Crippen molar-refractivity contribution in [3.63, 3.8) is 0 Å². The van der Waals surface area contributed by atoms with Gasteiger partial charge >= 0.3 is 5.97 Å². The first-order valence-corrected chi connectivity index (χ1v) is 18.8. The van der Waals surface area contributed by atoms with E-state index in [4.69, 9.17) is 14.2 Å². The Morgan fingerprint density at radius 1 is 1.06 bits per heavy atom. The zero-order chi connectivity index (χ0) is 38.6. The number of methoxy groups -OCH3 is 1. The number of esters is 1. The van der Waals surface area contributed by atoms with E-state index in [1.165, 1.54) is 12.0 Å². The first-order chi connectivity index (χ1) is 26.1. The summed E-state index contributed by atoms with van der Waals surface area (Å²) in [6, 6.07) is 20.1. The lowest BCUT2D eigenvalue weighted by molar-refractivity contribution is -0.163. The van der Waals surface area contributed by atoms with Crippen LogP contribution in [0.5, 0.6) is 0 Å². The summed E-state index contributed by atoms with van der Waals surface area (Å²) < 4.78 is 18.6. The predicted molar refractivity (Wildman–Crippen MR) is 205 cm³/mol. The van der Waals surface area contributed by atoms with Crippen LogP contribution in [-0.2, 0) is 33.4 Å². The predicted octanol–water partition coefficient (Wildman–Crippen LogP) is 5.13. The lowest BCUT2D eigenvalue weighted by atomic mass is 9.70. The van der Waals surface area contributed by atoms with Gasteiger partial charge < -0.3 is 34.4 Å². The van der Waals surface area contributed by atoms with Crippen molar-refractivity contribution in [1.29, 1.82) is 0 Å². The molecule has 2 bridgehead atoms. The zero-order valence-corrected chi connectivity index (χ0v) is 31.3. The number of anilines is 1. The Hall–Kier alpha value is -4.84. The van der Waals surface area contributed by atoms with E-state index < -0.39 is 59.6 Å². The number of rotatable bonds is 17. The number of carbonyl (C=O) groups excluding carboxylic acids is 4. The highest BCUT2D eigenvalue weighted by Gasteiger charge is 2.76. The summed E-state index contributed by atoms with van der Waals surface area (Å²) in [5.41, 5.74) is -0.0722. The minimum atomic E-state index is -1.34. The molecule has 1 spiro atoms. The van der Waals surface area contributed by atoms with Crippen molar-refractivity contribution in [2.75, 3.05) is 31.8 Å². The van der Waals surface area contributed by atoms with Gasteiger partial charge in [-0.15, -0.1) is 13.2 Å². The Bertz CT molecular complexity index is 1870. The third-order valence-corrected chi connectivity index (χ3v) is 11.2. The van der Waals surface area contributed by atoms with Gasteiger partial charge in [-0.1, -0.05) is 86.7 Å². The zero-order valence-electron chi connectivity index (χ0n) is 31.3. The first-order valence-electron chi connectivity index (χ1n) is 18.8. The quantitative estimate of drug-likeness (QED) is 0.144. The Labute approximate surface area is 316 Å². The molecule has 3 heterocycles. The summed E-state index contributed by atoms with van der Waals surface area (Å²) in [6.45, 7) is 11.2. The second-order valence-corrected chi connectivity index (χ2v) is 14.8. The molecule has 3 fully saturated rings. The fraction of sp³-hybridized carbons (Fsp3) is 0.442. The molecule has 0 saturated carbocycles. The number of ether oxygens (including phenoxy) is 3. The van der Waals surface area contributed by atoms with E-state index in [1.807, 2.05) is 86.6 Å². The summed E-state index contributed by atoms with van der Waals surface area (Å²) in [4.78, 5) is 60.6. The molecule has 3 aromatic rings. The van der Waals surface area contributed by atoms with Crippen molar-refractivity contribution in [2.24, 2.45) is 17.8 Å². The van der Waals surface area contributed by atoms with Gasteiger partial charge in [-0.3, -0.25) is 19.2 Å². The van der Waals surface area contributed by atoms with Gasteiger partial charge in [0.05, 0.1) is 43.2 Å². The van der Waals surface area contributed by atoms with Crippen LogP contribution in [0.2, 0.25) is 0 Å². The van der Waals surface area contributed by atoms with Gasteiger partial charge in [0, 0.05) is 25.8 Å². The van der Waals surface area contributed by atoms with E-state index in [0.29, 0.717) is 30.5 Å². The number of hydrogen-bond acceptors (Lipinski definition) is 8. The molecule has 6 rings (SSSR count). The summed E-state index contributed by atoms with van der Waals surface area (Å²) in [5, 5.41) is 15.6. The van der Waals surface area contributed by atoms with Crippen LogP contribution < -0.4 is 10.2 Å². The third-order valence-electron chi connectivity index (χ3n) is 11.2. The number of hydrogen-bond donors (Lipinski definition) is 2. The molecule has 0 aliphatic carbocycles. The molecule has 11 heteroatoms. The third kappa shape index (κ3) is 7.20. The summed E-state index contributed by atoms with van der Waals surface area (Å²) in [6.07, 6.45) is 3.13. The summed E-state index contributed by atoms with van der Waals surface area (Å²) in [7, 11) is 1.50. The Kier molecular flexibility index (Phi) is 12.0. The van der Waals surface area contributed by atoms with Crippen molar-refractivity contribution < 1.29 is 38.5 Å². The highest BCUT2D eigenvalue weighted by molar-refractivity contribution is 6.05. The average molecular weight is 738 g/mol. The lowest BCUT2D eigenvalue weighted by Crippen LogP contribution is -2.59. The van der Waals surface area contributed by atoms with Crippen LogP contribution in [0.4, 0.5) is 5.69 Å². The maximum Gasteiger partial charge on any atom is 0.313 e. The van der Waals surface area contributed by atoms with E-state index in [1.54, 1.807) is 17.1 Å². The maximum absolute atomic E-state index is 15.1. The van der Waals surface area contributed by atoms with Crippen LogP contribution in [0.25, 0.3) is 10.8 Å². The minimum Gasteiger partial charge on any atom is -0.455 e. The molecule has 54 heavy (non-hydrogen) atoms. The molecule has 0 radical (unpaired) electrons. The number of fused-ring (bicyclic) bond motifs is 2. The monoisotopic (exact) mass is 737 g/mol. The average Bonchev–Trinajstić information content (AvgIpc) is 3.82. The standard InChI is InChI=1S/C43H51N3O8/c1-6-8-18-35(48)44-32(26-52-5)38(29-15-10-9-11-16-29)53-42(51)36-34-21-22-43(54-34)37(36)40(49)46(33(25-47)27(3)4)39(43)41(50)45(23-7-2)31-20-19-28-14-12-13-17-30(28)24-31/h6-7,9-17,19-20,24,27,32-34,36-39,47H,1-2,8,18,21-23,25-26H2,3-5H3,(H,44,48)/t32-,33+,34+,36-,37-,38-,39+,43-/m1/s1. The highest BCUT2D eigenvalue weighted by Crippen LogP contribution is 2.59. The fourth-order valence-corrected chi connectivity index (χ4v) is 8.68. The normalized spacial score (nSPS) is 24.5. The largest absolute Gasteiger partial charge is 0.455 e. The number of amides is 3. The van der Waals surface area contributed by atoms with Crippen molar-refractivity contribution in [3.8, 4) is 0 Å². The number of likely N-dealkylation sites (tertiary alicyclic amines) is 1. The molecule has 286 valence electrons. The molecule has 3 amide bonds. The SMILES string of the molecule is C=CCCC(=O)N[C@H](COC)[C@H](OC(=O)[C@@H]1[C@@H]2CC[C@]3(O2)[C@H](C(=O)N(CC=C)c2ccc4ccccc4c2)N([C@@H](CO)C(C)C)C(=O)[C@@H]13)c1ccccc1. The molecule has 8 atom stereocenters. The Balaban J connectivity index is 1.38. The van der Waals surface area contributed by atoms with Gasteiger partial charge in [0.15, 0.2) is 0 Å². The van der Waals surface area contributed by atoms with Gasteiger partial charge in [-0.05, 0) is 53.6 Å². The van der Waals surface area contributed by atoms with Crippen LogP contribution >= 0.6 is 0 Å². The number of aliphatic hydroxyl groups excluding tert-OH is 1. The summed E-state index contributed by atoms with van der Waals surface area (Å²) in [5.74, 6) is -4.00. The van der Waals surface area contributed by atoms with Crippen LogP contribution in [0.1, 0.15) is 51.2 Å². The van der Waals surface area contributed by atoms with Crippen molar-refractivity contribution in [2.45, 2.75) is 75.5 Å². The van der Waals surface area contributed by atoms with E-state index in [2.05, 4.69) is 18.5 Å². The Morgan fingerprint density at radius 2 is 1.78 bits per heavy atom. The number of aliphatic hydroxyl groups is 1. The van der Waals surface area contributed by atoms with Crippen LogP contribution in [0.15, 0.2) is 98.1 Å². The summed E-state index contributed by atoms with van der Waals surface area (Å²) >= 11 is 0. The first kappa shape index (κ1) is 38.9. The number of allylic oxidation sites excluding steroid dienone is 1. The number of nitrogens with zero attached hydrogens (tertiary/aromatic N) is 2. The number of nitrogens with one attached hydrogen (secondary N) is 1. The topological polar surface area (TPSA) is 135 Å². The number of benzene rings is 3. The van der Waals surface area contributed by atoms with E-state index in [9.17, 15) is 19.5 Å². The molecule has 3 aliphatic rings. The molecular weight excluding hydrogens is 686 g/mol. The molecule has 2 N–H and O–H groups in total. The van der Waals surface area contributed by atoms with Crippen LogP contribution in [-0.4, -0.2) is 90.4 Å². The molecule has 3 saturated heterocycles. The second-order valence-electron chi connectivity index (χ2n) is 14.8. The molecule has 11 nitrogen and oxygen atoms in total. The molecule has 0 aromatic heterocycles. The van der Waals surface area contributed by atoms with Gasteiger partial charge in [0.1, 0.15) is 17.7 Å². The van der Waals surface area contributed by atoms with Crippen LogP contribution in [0.3, 0.4) is 0 Å². The van der Waals surface area contributed by atoms with E-state index >= 15 is 4.79 Å². The van der Waals surface area contributed by atoms with Crippen molar-refractivity contribution in [1.82, 2.24) is 10.2 Å². The molecule has 3 aliphatic heterocycles. The van der Waals surface area contributed by atoms with Crippen molar-refractivity contribution >= 4 is 40.2 Å². The maximum atomic E-state index is 15.1. The van der Waals surface area contributed by atoms with Gasteiger partial charge in [-0.25, -0.2) is 0 Å². The fourth-order valence-electron chi connectivity index (χ4n) is 8.68. The van der Waals surface area contributed by atoms with Gasteiger partial charge in [0.2, 0.25) is 11.8 Å². The lowest BCUT2D eigenvalue weighted by Gasteiger charge is -2.40. The van der Waals surface area contributed by atoms with Gasteiger partial charge in [0.25, 0.3) is 5.91 Å². The van der Waals surface area contributed by atoms with E-state index in [-0.39, 0.29) is 43.9 Å². The minimum absolute atomic E-state index is 0.0500.